The minimum absolute atomic E-state index is 0.226. The highest BCUT2D eigenvalue weighted by Gasteiger charge is 2.35. The molecule has 0 spiro atoms. The molecule has 1 saturated heterocycles. The third-order valence-corrected chi connectivity index (χ3v) is 3.91. The van der Waals surface area contributed by atoms with Crippen LogP contribution in [0.15, 0.2) is 24.3 Å². The van der Waals surface area contributed by atoms with E-state index in [-0.39, 0.29) is 18.8 Å². The molecule has 3 rings (SSSR count). The van der Waals surface area contributed by atoms with E-state index in [1.807, 2.05) is 6.92 Å². The Balaban J connectivity index is 1.79. The number of halogens is 2. The van der Waals surface area contributed by atoms with Crippen LogP contribution in [0.1, 0.15) is 17.9 Å². The van der Waals surface area contributed by atoms with Crippen molar-refractivity contribution < 1.29 is 18.3 Å². The summed E-state index contributed by atoms with van der Waals surface area (Å²) < 4.78 is 32.9. The van der Waals surface area contributed by atoms with Gasteiger partial charge in [-0.05, 0) is 25.5 Å². The van der Waals surface area contributed by atoms with E-state index in [1.54, 1.807) is 13.2 Å². The van der Waals surface area contributed by atoms with E-state index in [4.69, 9.17) is 4.74 Å². The van der Waals surface area contributed by atoms with E-state index >= 15 is 0 Å². The zero-order chi connectivity index (χ0) is 18.0. The van der Waals surface area contributed by atoms with Crippen molar-refractivity contribution in [3.05, 3.63) is 47.4 Å². The van der Waals surface area contributed by atoms with Crippen LogP contribution in [0.2, 0.25) is 0 Å². The van der Waals surface area contributed by atoms with Gasteiger partial charge in [-0.1, -0.05) is 6.07 Å². The fourth-order valence-electron chi connectivity index (χ4n) is 2.86. The third-order valence-electron chi connectivity index (χ3n) is 3.91. The number of nitrogens with one attached hydrogen (secondary N) is 1. The van der Waals surface area contributed by atoms with Gasteiger partial charge < -0.3 is 15.0 Å². The van der Waals surface area contributed by atoms with Crippen LogP contribution in [0.25, 0.3) is 0 Å². The van der Waals surface area contributed by atoms with E-state index in [9.17, 15) is 13.6 Å². The van der Waals surface area contributed by atoms with E-state index in [0.717, 1.165) is 22.7 Å². The number of carbonyl (C=O) groups is 1. The molecule has 0 radical (unpaired) electrons. The van der Waals surface area contributed by atoms with Crippen LogP contribution in [0.5, 0.6) is 0 Å². The number of hydrogen-bond acceptors (Lipinski definition) is 5. The van der Waals surface area contributed by atoms with Gasteiger partial charge in [0, 0.05) is 25.4 Å². The lowest BCUT2D eigenvalue weighted by atomic mass is 10.2. The van der Waals surface area contributed by atoms with Gasteiger partial charge in [0.25, 0.3) is 0 Å². The first-order valence-electron chi connectivity index (χ1n) is 7.85. The normalized spacial score (nSPS) is 17.2. The third kappa shape index (κ3) is 3.58. The molecule has 1 unspecified atom stereocenters. The van der Waals surface area contributed by atoms with Gasteiger partial charge in [0.15, 0.2) is 5.82 Å². The van der Waals surface area contributed by atoms with Crippen LogP contribution in [-0.2, 0) is 16.1 Å². The molecular formula is C17H18F2N4O2. The lowest BCUT2D eigenvalue weighted by Gasteiger charge is -2.19. The van der Waals surface area contributed by atoms with Crippen molar-refractivity contribution in [2.45, 2.75) is 26.0 Å². The van der Waals surface area contributed by atoms with Gasteiger partial charge in [-0.2, -0.15) is 0 Å². The monoisotopic (exact) mass is 348 g/mol. The summed E-state index contributed by atoms with van der Waals surface area (Å²) in [5, 5.41) is 3.03. The topological polar surface area (TPSA) is 67.3 Å². The molecule has 1 fully saturated rings. The van der Waals surface area contributed by atoms with Crippen molar-refractivity contribution in [1.29, 1.82) is 0 Å². The first kappa shape index (κ1) is 17.2. The van der Waals surface area contributed by atoms with Gasteiger partial charge in [-0.15, -0.1) is 0 Å². The summed E-state index contributed by atoms with van der Waals surface area (Å²) in [4.78, 5) is 22.2. The highest BCUT2D eigenvalue weighted by Crippen LogP contribution is 2.28. The zero-order valence-corrected chi connectivity index (χ0v) is 13.9. The molecule has 2 aromatic rings. The second kappa shape index (κ2) is 7.10. The van der Waals surface area contributed by atoms with Crippen molar-refractivity contribution in [2.75, 3.05) is 23.9 Å². The number of amides is 1. The van der Waals surface area contributed by atoms with Crippen molar-refractivity contribution in [3.63, 3.8) is 0 Å². The fourth-order valence-corrected chi connectivity index (χ4v) is 2.86. The van der Waals surface area contributed by atoms with E-state index < -0.39 is 23.6 Å². The molecule has 0 saturated carbocycles. The number of hydrogen-bond donors (Lipinski definition) is 1. The lowest BCUT2D eigenvalue weighted by Crippen LogP contribution is -2.34. The largest absolute Gasteiger partial charge is 0.377 e. The van der Waals surface area contributed by atoms with Crippen molar-refractivity contribution in [2.24, 2.45) is 0 Å². The lowest BCUT2D eigenvalue weighted by molar-refractivity contribution is -0.117. The molecule has 1 N–H and O–H groups in total. The summed E-state index contributed by atoms with van der Waals surface area (Å²) in [5.74, 6) is -0.932. The molecule has 1 atom stereocenters. The molecule has 1 aromatic heterocycles. The number of carbonyl (C=O) groups excluding carboxylic acids is 1. The molecule has 1 aromatic carbocycles. The maximum absolute atomic E-state index is 13.9. The summed E-state index contributed by atoms with van der Waals surface area (Å²) in [6.07, 6.45) is 0.412. The number of para-hydroxylation sites is 1. The molecule has 0 bridgehead atoms. The summed E-state index contributed by atoms with van der Waals surface area (Å²) in [6.45, 7) is 2.29. The summed E-state index contributed by atoms with van der Waals surface area (Å²) in [7, 11) is 1.54. The number of ether oxygens (including phenoxy) is 1. The maximum Gasteiger partial charge on any atom is 0.249 e. The van der Waals surface area contributed by atoms with Crippen molar-refractivity contribution >= 4 is 17.4 Å². The van der Waals surface area contributed by atoms with Crippen LogP contribution in [-0.4, -0.2) is 35.6 Å². The number of aromatic nitrogens is 2. The second-order valence-corrected chi connectivity index (χ2v) is 5.79. The molecule has 8 heteroatoms. The zero-order valence-electron chi connectivity index (χ0n) is 13.9. The average molecular weight is 348 g/mol. The Bertz CT molecular complexity index is 780. The highest BCUT2D eigenvalue weighted by atomic mass is 19.1. The number of methoxy groups -OCH3 is 1. The van der Waals surface area contributed by atoms with Gasteiger partial charge in [0.2, 0.25) is 5.91 Å². The quantitative estimate of drug-likeness (QED) is 0.899. The van der Waals surface area contributed by atoms with Crippen LogP contribution in [0.4, 0.5) is 20.3 Å². The van der Waals surface area contributed by atoms with Crippen LogP contribution < -0.4 is 10.2 Å². The highest BCUT2D eigenvalue weighted by molar-refractivity contribution is 6.01. The van der Waals surface area contributed by atoms with Gasteiger partial charge in [-0.3, -0.25) is 4.79 Å². The molecule has 6 nitrogen and oxygen atoms in total. The summed E-state index contributed by atoms with van der Waals surface area (Å²) in [5.41, 5.74) is 0.419. The Morgan fingerprint density at radius 3 is 2.72 bits per heavy atom. The summed E-state index contributed by atoms with van der Waals surface area (Å²) >= 11 is 0. The van der Waals surface area contributed by atoms with Gasteiger partial charge in [0.05, 0.1) is 0 Å². The molecule has 2 heterocycles. The fraction of sp³-hybridized carbons (Fsp3) is 0.353. The Morgan fingerprint density at radius 1 is 1.32 bits per heavy atom. The Morgan fingerprint density at radius 2 is 2.04 bits per heavy atom. The summed E-state index contributed by atoms with van der Waals surface area (Å²) in [6, 6.07) is 4.64. The molecule has 25 heavy (non-hydrogen) atoms. The number of anilines is 2. The predicted octanol–water partition coefficient (Wildman–Crippen LogP) is 2.43. The molecule has 1 amide bonds. The van der Waals surface area contributed by atoms with Gasteiger partial charge in [0.1, 0.15) is 35.8 Å². The molecule has 132 valence electrons. The standard InChI is InChI=1S/C17H18F2N4O2/c1-10-8-14(22-15(20-10)9-25-2)21-13-6-7-23(17(13)24)16-11(18)4-3-5-12(16)19/h3-5,8,13H,6-7,9H2,1-2H3,(H,20,21,22). The molecule has 1 aliphatic heterocycles. The molecular weight excluding hydrogens is 330 g/mol. The smallest absolute Gasteiger partial charge is 0.249 e. The average Bonchev–Trinajstić information content (AvgIpc) is 2.88. The number of rotatable bonds is 5. The minimum Gasteiger partial charge on any atom is -0.377 e. The van der Waals surface area contributed by atoms with E-state index in [1.165, 1.54) is 6.07 Å². The number of aryl methyl sites for hydroxylation is 1. The predicted molar refractivity (Wildman–Crippen MR) is 88.2 cm³/mol. The molecule has 1 aliphatic rings. The second-order valence-electron chi connectivity index (χ2n) is 5.79. The van der Waals surface area contributed by atoms with Gasteiger partial charge in [-0.25, -0.2) is 18.7 Å². The van der Waals surface area contributed by atoms with Crippen LogP contribution in [0.3, 0.4) is 0 Å². The minimum atomic E-state index is -0.755. The first-order valence-corrected chi connectivity index (χ1v) is 7.85. The van der Waals surface area contributed by atoms with Gasteiger partial charge >= 0.3 is 0 Å². The van der Waals surface area contributed by atoms with Crippen molar-refractivity contribution in [1.82, 2.24) is 9.97 Å². The Labute approximate surface area is 143 Å². The number of benzene rings is 1. The molecule has 0 aliphatic carbocycles. The van der Waals surface area contributed by atoms with E-state index in [2.05, 4.69) is 15.3 Å². The van der Waals surface area contributed by atoms with Crippen molar-refractivity contribution in [3.8, 4) is 0 Å². The van der Waals surface area contributed by atoms with Crippen LogP contribution in [0, 0.1) is 18.6 Å². The SMILES string of the molecule is COCc1nc(C)cc(NC2CCN(c3c(F)cccc3F)C2=O)n1. The number of nitrogens with zero attached hydrogens (tertiary/aromatic N) is 3. The Kier molecular flexibility index (Phi) is 4.89. The Hall–Kier alpha value is -2.61. The maximum atomic E-state index is 13.9. The first-order chi connectivity index (χ1) is 12.0. The van der Waals surface area contributed by atoms with Crippen LogP contribution >= 0.6 is 0 Å². The van der Waals surface area contributed by atoms with E-state index in [0.29, 0.717) is 18.1 Å².